The molecule has 0 saturated carbocycles. The second-order valence-corrected chi connectivity index (χ2v) is 4.76. The van der Waals surface area contributed by atoms with Crippen molar-refractivity contribution in [3.63, 3.8) is 0 Å². The molecule has 0 bridgehead atoms. The minimum absolute atomic E-state index is 0.112. The number of aromatic nitrogens is 3. The Balaban J connectivity index is 2.37. The summed E-state index contributed by atoms with van der Waals surface area (Å²) in [4.78, 5) is 0. The van der Waals surface area contributed by atoms with Crippen LogP contribution >= 0.6 is 11.6 Å². The maximum absolute atomic E-state index is 13.3. The first-order chi connectivity index (χ1) is 8.50. The van der Waals surface area contributed by atoms with Crippen LogP contribution in [0.15, 0.2) is 18.2 Å². The van der Waals surface area contributed by atoms with Gasteiger partial charge in [-0.25, -0.2) is 9.07 Å². The van der Waals surface area contributed by atoms with Crippen LogP contribution < -0.4 is 5.73 Å². The fourth-order valence-electron chi connectivity index (χ4n) is 1.88. The van der Waals surface area contributed by atoms with E-state index in [4.69, 9.17) is 17.3 Å². The third-order valence-electron chi connectivity index (χ3n) is 2.70. The van der Waals surface area contributed by atoms with E-state index in [-0.39, 0.29) is 10.9 Å². The molecule has 2 N–H and O–H groups in total. The number of nitrogen functional groups attached to an aromatic ring is 1. The van der Waals surface area contributed by atoms with Crippen LogP contribution in [0, 0.1) is 5.82 Å². The lowest BCUT2D eigenvalue weighted by Gasteiger charge is -2.10. The molecule has 0 atom stereocenters. The summed E-state index contributed by atoms with van der Waals surface area (Å²) in [5.74, 6) is 0.151. The number of anilines is 1. The average molecular weight is 269 g/mol. The number of hydrogen-bond donors (Lipinski definition) is 1. The average Bonchev–Trinajstić information content (AvgIpc) is 2.66. The second-order valence-electron chi connectivity index (χ2n) is 4.39. The van der Waals surface area contributed by atoms with Gasteiger partial charge in [-0.1, -0.05) is 42.8 Å². The largest absolute Gasteiger partial charge is 0.381 e. The highest BCUT2D eigenvalue weighted by Gasteiger charge is 2.15. The molecule has 6 heteroatoms. The maximum Gasteiger partial charge on any atom is 0.169 e. The van der Waals surface area contributed by atoms with Crippen molar-refractivity contribution in [1.82, 2.24) is 15.0 Å². The zero-order valence-corrected chi connectivity index (χ0v) is 10.9. The molecule has 0 spiro atoms. The highest BCUT2D eigenvalue weighted by Crippen LogP contribution is 2.24. The van der Waals surface area contributed by atoms with Crippen LogP contribution in [-0.4, -0.2) is 15.0 Å². The molecule has 1 aromatic heterocycles. The predicted molar refractivity (Wildman–Crippen MR) is 69.0 cm³/mol. The Hall–Kier alpha value is -1.62. The molecule has 0 aliphatic carbocycles. The second kappa shape index (κ2) is 4.94. The van der Waals surface area contributed by atoms with Gasteiger partial charge in [0.1, 0.15) is 5.82 Å². The van der Waals surface area contributed by atoms with Crippen molar-refractivity contribution < 1.29 is 4.39 Å². The Kier molecular flexibility index (Phi) is 3.52. The molecule has 1 aromatic carbocycles. The first-order valence-electron chi connectivity index (χ1n) is 5.62. The number of nitrogens with two attached hydrogens (primary N) is 1. The molecule has 1 heterocycles. The third kappa shape index (κ3) is 2.31. The van der Waals surface area contributed by atoms with Crippen molar-refractivity contribution in [2.45, 2.75) is 26.3 Å². The van der Waals surface area contributed by atoms with Crippen LogP contribution in [0.3, 0.4) is 0 Å². The topological polar surface area (TPSA) is 56.7 Å². The minimum Gasteiger partial charge on any atom is -0.381 e. The quantitative estimate of drug-likeness (QED) is 0.931. The number of hydrogen-bond acceptors (Lipinski definition) is 3. The van der Waals surface area contributed by atoms with Crippen molar-refractivity contribution in [2.75, 3.05) is 5.73 Å². The summed E-state index contributed by atoms with van der Waals surface area (Å²) in [6.07, 6.45) is 0. The van der Waals surface area contributed by atoms with Gasteiger partial charge in [-0.15, -0.1) is 5.10 Å². The molecule has 96 valence electrons. The van der Waals surface area contributed by atoms with Gasteiger partial charge in [0, 0.05) is 0 Å². The highest BCUT2D eigenvalue weighted by molar-refractivity contribution is 6.31. The highest BCUT2D eigenvalue weighted by atomic mass is 35.5. The van der Waals surface area contributed by atoms with Crippen LogP contribution in [0.25, 0.3) is 0 Å². The molecule has 0 aliphatic heterocycles. The third-order valence-corrected chi connectivity index (χ3v) is 3.12. The molecule has 0 fully saturated rings. The molecule has 0 aliphatic rings. The minimum atomic E-state index is -0.437. The van der Waals surface area contributed by atoms with Gasteiger partial charge in [0.25, 0.3) is 0 Å². The Morgan fingerprint density at radius 2 is 2.17 bits per heavy atom. The van der Waals surface area contributed by atoms with Crippen molar-refractivity contribution >= 4 is 17.4 Å². The van der Waals surface area contributed by atoms with E-state index in [0.29, 0.717) is 17.9 Å². The van der Waals surface area contributed by atoms with E-state index in [1.165, 1.54) is 6.07 Å². The standard InChI is InChI=1S/C12H14ClFN4/c1-7(2)11-12(15)16-17-18(11)6-8-4-3-5-9(14)10(8)13/h3-5,7H,6,15H2,1-2H3. The summed E-state index contributed by atoms with van der Waals surface area (Å²) in [5, 5.41) is 7.92. The van der Waals surface area contributed by atoms with Crippen LogP contribution in [0.2, 0.25) is 5.02 Å². The van der Waals surface area contributed by atoms with E-state index in [1.54, 1.807) is 16.8 Å². The lowest BCUT2D eigenvalue weighted by atomic mass is 10.1. The van der Waals surface area contributed by atoms with Crippen LogP contribution in [0.1, 0.15) is 31.0 Å². The Bertz CT molecular complexity index is 565. The molecular weight excluding hydrogens is 255 g/mol. The zero-order valence-electron chi connectivity index (χ0n) is 10.2. The fraction of sp³-hybridized carbons (Fsp3) is 0.333. The van der Waals surface area contributed by atoms with E-state index in [0.717, 1.165) is 5.69 Å². The van der Waals surface area contributed by atoms with Gasteiger partial charge in [-0.3, -0.25) is 0 Å². The van der Waals surface area contributed by atoms with Crippen molar-refractivity contribution in [3.8, 4) is 0 Å². The molecular formula is C12H14ClFN4. The molecule has 2 rings (SSSR count). The number of benzene rings is 1. The number of halogens is 2. The van der Waals surface area contributed by atoms with Gasteiger partial charge in [-0.05, 0) is 17.5 Å². The Morgan fingerprint density at radius 3 is 2.83 bits per heavy atom. The monoisotopic (exact) mass is 268 g/mol. The van der Waals surface area contributed by atoms with Crippen LogP contribution in [0.5, 0.6) is 0 Å². The van der Waals surface area contributed by atoms with E-state index in [9.17, 15) is 4.39 Å². The van der Waals surface area contributed by atoms with Crippen molar-refractivity contribution in [1.29, 1.82) is 0 Å². The first-order valence-corrected chi connectivity index (χ1v) is 6.00. The fourth-order valence-corrected chi connectivity index (χ4v) is 2.06. The molecule has 0 amide bonds. The van der Waals surface area contributed by atoms with E-state index in [2.05, 4.69) is 10.3 Å². The van der Waals surface area contributed by atoms with Crippen molar-refractivity contribution in [2.24, 2.45) is 0 Å². The lowest BCUT2D eigenvalue weighted by Crippen LogP contribution is -2.09. The van der Waals surface area contributed by atoms with Crippen LogP contribution in [-0.2, 0) is 6.54 Å². The number of rotatable bonds is 3. The van der Waals surface area contributed by atoms with Gasteiger partial charge in [0.2, 0.25) is 0 Å². The summed E-state index contributed by atoms with van der Waals surface area (Å²) in [6.45, 7) is 4.35. The van der Waals surface area contributed by atoms with E-state index < -0.39 is 5.82 Å². The van der Waals surface area contributed by atoms with Gasteiger partial charge in [0.15, 0.2) is 5.82 Å². The summed E-state index contributed by atoms with van der Waals surface area (Å²) in [7, 11) is 0. The van der Waals surface area contributed by atoms with Gasteiger partial charge < -0.3 is 5.73 Å². The smallest absolute Gasteiger partial charge is 0.169 e. The molecule has 4 nitrogen and oxygen atoms in total. The summed E-state index contributed by atoms with van der Waals surface area (Å²) in [5.41, 5.74) is 7.25. The lowest BCUT2D eigenvalue weighted by molar-refractivity contribution is 0.589. The predicted octanol–water partition coefficient (Wildman–Crippen LogP) is 2.82. The van der Waals surface area contributed by atoms with Gasteiger partial charge in [-0.2, -0.15) is 0 Å². The van der Waals surface area contributed by atoms with Gasteiger partial charge >= 0.3 is 0 Å². The summed E-state index contributed by atoms with van der Waals surface area (Å²) < 4.78 is 15.0. The molecule has 2 aromatic rings. The Morgan fingerprint density at radius 1 is 1.44 bits per heavy atom. The van der Waals surface area contributed by atoms with Gasteiger partial charge in [0.05, 0.1) is 17.3 Å². The molecule has 0 radical (unpaired) electrons. The van der Waals surface area contributed by atoms with E-state index in [1.807, 2.05) is 13.8 Å². The normalized spacial score (nSPS) is 11.2. The van der Waals surface area contributed by atoms with Crippen molar-refractivity contribution in [3.05, 3.63) is 40.3 Å². The van der Waals surface area contributed by atoms with E-state index >= 15 is 0 Å². The maximum atomic E-state index is 13.3. The molecule has 0 unspecified atom stereocenters. The Labute approximate surface area is 110 Å². The molecule has 0 saturated heterocycles. The summed E-state index contributed by atoms with van der Waals surface area (Å²) >= 11 is 5.91. The zero-order chi connectivity index (χ0) is 13.3. The number of nitrogens with zero attached hydrogens (tertiary/aromatic N) is 3. The summed E-state index contributed by atoms with van der Waals surface area (Å²) in [6, 6.07) is 4.70. The SMILES string of the molecule is CC(C)c1c(N)nnn1Cc1cccc(F)c1Cl. The van der Waals surface area contributed by atoms with Crippen LogP contribution in [0.4, 0.5) is 10.2 Å². The first kappa shape index (κ1) is 12.8. The molecule has 18 heavy (non-hydrogen) atoms.